The molecule has 1 N–H and O–H groups in total. The van der Waals surface area contributed by atoms with Crippen molar-refractivity contribution in [3.05, 3.63) is 53.5 Å². The first-order valence-corrected chi connectivity index (χ1v) is 10.8. The first-order valence-electron chi connectivity index (χ1n) is 10.8. The number of aryl methyl sites for hydroxylation is 1. The Morgan fingerprint density at radius 3 is 2.65 bits per heavy atom. The third-order valence-electron chi connectivity index (χ3n) is 5.73. The maximum absolute atomic E-state index is 13.0. The predicted molar refractivity (Wildman–Crippen MR) is 122 cm³/mol. The molecule has 1 saturated heterocycles. The molecule has 7 heteroatoms. The van der Waals surface area contributed by atoms with Gasteiger partial charge in [0.15, 0.2) is 0 Å². The number of aromatic nitrogens is 3. The minimum atomic E-state index is -0.0778. The second-order valence-corrected chi connectivity index (χ2v) is 9.26. The first-order chi connectivity index (χ1) is 14.8. The number of rotatable bonds is 4. The number of pyridine rings is 2. The molecule has 0 unspecified atom stereocenters. The number of hydrogen-bond acceptors (Lipinski definition) is 5. The van der Waals surface area contributed by atoms with Crippen molar-refractivity contribution in [2.45, 2.75) is 52.0 Å². The SMILES string of the molecule is COc1cc(C(=O)N2CCC(c3nc4c(C)cccn4c3NC(C)(C)C)CC2)ccn1. The maximum Gasteiger partial charge on any atom is 0.254 e. The lowest BCUT2D eigenvalue weighted by molar-refractivity contribution is 0.0712. The highest BCUT2D eigenvalue weighted by atomic mass is 16.5. The monoisotopic (exact) mass is 421 g/mol. The Bertz CT molecular complexity index is 1090. The van der Waals surface area contributed by atoms with Crippen molar-refractivity contribution in [2.75, 3.05) is 25.5 Å². The Morgan fingerprint density at radius 1 is 1.23 bits per heavy atom. The predicted octanol–water partition coefficient (Wildman–Crippen LogP) is 4.28. The number of likely N-dealkylation sites (tertiary alicyclic amines) is 1. The summed E-state index contributed by atoms with van der Waals surface area (Å²) in [5.41, 5.74) is 3.79. The van der Waals surface area contributed by atoms with Crippen LogP contribution in [0.4, 0.5) is 5.82 Å². The fraction of sp³-hybridized carbons (Fsp3) is 0.458. The van der Waals surface area contributed by atoms with E-state index in [4.69, 9.17) is 9.72 Å². The lowest BCUT2D eigenvalue weighted by Crippen LogP contribution is -2.38. The van der Waals surface area contributed by atoms with Crippen LogP contribution in [0.3, 0.4) is 0 Å². The Labute approximate surface area is 183 Å². The van der Waals surface area contributed by atoms with Crippen molar-refractivity contribution in [3.63, 3.8) is 0 Å². The highest BCUT2D eigenvalue weighted by Gasteiger charge is 2.30. The van der Waals surface area contributed by atoms with Gasteiger partial charge in [-0.2, -0.15) is 0 Å². The summed E-state index contributed by atoms with van der Waals surface area (Å²) in [5.74, 6) is 1.85. The molecule has 7 nitrogen and oxygen atoms in total. The van der Waals surface area contributed by atoms with Crippen molar-refractivity contribution in [2.24, 2.45) is 0 Å². The topological polar surface area (TPSA) is 71.8 Å². The zero-order chi connectivity index (χ0) is 22.2. The summed E-state index contributed by atoms with van der Waals surface area (Å²) in [7, 11) is 1.56. The summed E-state index contributed by atoms with van der Waals surface area (Å²) in [6, 6.07) is 7.60. The number of nitrogens with one attached hydrogen (secondary N) is 1. The standard InChI is InChI=1S/C24H31N5O2/c1-16-7-6-12-29-21(16)26-20(22(29)27-24(2,3)4)17-9-13-28(14-10-17)23(30)18-8-11-25-19(15-18)31-5/h6-8,11-12,15,17,27H,9-10,13-14H2,1-5H3. The largest absolute Gasteiger partial charge is 0.481 e. The van der Waals surface area contributed by atoms with Crippen molar-refractivity contribution < 1.29 is 9.53 Å². The van der Waals surface area contributed by atoms with Crippen LogP contribution in [0.2, 0.25) is 0 Å². The fourth-order valence-electron chi connectivity index (χ4n) is 4.18. The van der Waals surface area contributed by atoms with Gasteiger partial charge in [0.1, 0.15) is 11.5 Å². The van der Waals surface area contributed by atoms with E-state index in [1.54, 1.807) is 25.4 Å². The normalized spacial score (nSPS) is 15.3. The van der Waals surface area contributed by atoms with E-state index in [1.807, 2.05) is 4.90 Å². The third kappa shape index (κ3) is 4.36. The van der Waals surface area contributed by atoms with Crippen LogP contribution >= 0.6 is 0 Å². The van der Waals surface area contributed by atoms with Gasteiger partial charge in [-0.25, -0.2) is 9.97 Å². The minimum Gasteiger partial charge on any atom is -0.481 e. The summed E-state index contributed by atoms with van der Waals surface area (Å²) in [6.45, 7) is 9.99. The Balaban J connectivity index is 1.56. The molecule has 31 heavy (non-hydrogen) atoms. The summed E-state index contributed by atoms with van der Waals surface area (Å²) < 4.78 is 7.32. The van der Waals surface area contributed by atoms with E-state index in [0.29, 0.717) is 30.5 Å². The molecule has 1 aliphatic rings. The van der Waals surface area contributed by atoms with Gasteiger partial charge in [0, 0.05) is 48.6 Å². The molecule has 0 spiro atoms. The molecule has 164 valence electrons. The molecule has 0 bridgehead atoms. The van der Waals surface area contributed by atoms with E-state index in [0.717, 1.165) is 35.6 Å². The van der Waals surface area contributed by atoms with Crippen molar-refractivity contribution in [1.29, 1.82) is 0 Å². The van der Waals surface area contributed by atoms with Crippen LogP contribution in [0.25, 0.3) is 5.65 Å². The van der Waals surface area contributed by atoms with E-state index in [2.05, 4.69) is 60.7 Å². The highest BCUT2D eigenvalue weighted by molar-refractivity contribution is 5.94. The van der Waals surface area contributed by atoms with Gasteiger partial charge >= 0.3 is 0 Å². The van der Waals surface area contributed by atoms with E-state index in [-0.39, 0.29) is 11.4 Å². The molecular formula is C24H31N5O2. The molecule has 0 radical (unpaired) electrons. The number of carbonyl (C=O) groups is 1. The first kappa shape index (κ1) is 21.2. The molecule has 0 aromatic carbocycles. The number of methoxy groups -OCH3 is 1. The highest BCUT2D eigenvalue weighted by Crippen LogP contribution is 2.35. The molecular weight excluding hydrogens is 390 g/mol. The molecule has 0 saturated carbocycles. The second kappa shape index (κ2) is 8.21. The summed E-state index contributed by atoms with van der Waals surface area (Å²) in [5, 5.41) is 3.67. The second-order valence-electron chi connectivity index (χ2n) is 9.26. The van der Waals surface area contributed by atoms with Gasteiger partial charge in [-0.05, 0) is 58.2 Å². The minimum absolute atomic E-state index is 0.0260. The summed E-state index contributed by atoms with van der Waals surface area (Å²) in [4.78, 5) is 24.0. The summed E-state index contributed by atoms with van der Waals surface area (Å²) >= 11 is 0. The van der Waals surface area contributed by atoms with Gasteiger partial charge in [-0.15, -0.1) is 0 Å². The average Bonchev–Trinajstić information content (AvgIpc) is 3.11. The molecule has 0 atom stereocenters. The average molecular weight is 422 g/mol. The van der Waals surface area contributed by atoms with Gasteiger partial charge in [-0.1, -0.05) is 6.07 Å². The number of nitrogens with zero attached hydrogens (tertiary/aromatic N) is 4. The molecule has 4 rings (SSSR count). The molecule has 4 heterocycles. The summed E-state index contributed by atoms with van der Waals surface area (Å²) in [6.07, 6.45) is 5.45. The zero-order valence-electron chi connectivity index (χ0n) is 19.0. The van der Waals surface area contributed by atoms with Crippen LogP contribution in [0, 0.1) is 6.92 Å². The van der Waals surface area contributed by atoms with Crippen LogP contribution in [0.5, 0.6) is 5.88 Å². The number of piperidine rings is 1. The number of anilines is 1. The van der Waals surface area contributed by atoms with Gasteiger partial charge in [0.2, 0.25) is 5.88 Å². The lowest BCUT2D eigenvalue weighted by atomic mass is 9.92. The molecule has 3 aromatic rings. The quantitative estimate of drug-likeness (QED) is 0.681. The molecule has 1 aliphatic heterocycles. The molecule has 1 fully saturated rings. The van der Waals surface area contributed by atoms with E-state index >= 15 is 0 Å². The van der Waals surface area contributed by atoms with Gasteiger partial charge in [0.05, 0.1) is 12.8 Å². The van der Waals surface area contributed by atoms with E-state index < -0.39 is 0 Å². The number of hydrogen-bond donors (Lipinski definition) is 1. The third-order valence-corrected chi connectivity index (χ3v) is 5.73. The maximum atomic E-state index is 13.0. The van der Waals surface area contributed by atoms with E-state index in [9.17, 15) is 4.79 Å². The van der Waals surface area contributed by atoms with Gasteiger partial charge in [-0.3, -0.25) is 9.20 Å². The smallest absolute Gasteiger partial charge is 0.254 e. The zero-order valence-corrected chi connectivity index (χ0v) is 19.0. The van der Waals surface area contributed by atoms with Crippen molar-refractivity contribution >= 4 is 17.4 Å². The van der Waals surface area contributed by atoms with Crippen LogP contribution in [-0.4, -0.2) is 50.9 Å². The number of ether oxygens (including phenoxy) is 1. The molecule has 1 amide bonds. The number of imidazole rings is 1. The van der Waals surface area contributed by atoms with Crippen molar-refractivity contribution in [3.8, 4) is 5.88 Å². The molecule has 0 aliphatic carbocycles. The van der Waals surface area contributed by atoms with Gasteiger partial charge < -0.3 is 15.0 Å². The van der Waals surface area contributed by atoms with Crippen LogP contribution in [-0.2, 0) is 0 Å². The number of amides is 1. The number of fused-ring (bicyclic) bond motifs is 1. The number of carbonyl (C=O) groups excluding carboxylic acids is 1. The Kier molecular flexibility index (Phi) is 5.60. The van der Waals surface area contributed by atoms with Crippen molar-refractivity contribution in [1.82, 2.24) is 19.3 Å². The molecule has 3 aromatic heterocycles. The Morgan fingerprint density at radius 2 is 1.97 bits per heavy atom. The lowest BCUT2D eigenvalue weighted by Gasteiger charge is -2.32. The van der Waals surface area contributed by atoms with Crippen LogP contribution in [0.15, 0.2) is 36.7 Å². The van der Waals surface area contributed by atoms with Crippen LogP contribution < -0.4 is 10.1 Å². The van der Waals surface area contributed by atoms with Crippen LogP contribution in [0.1, 0.15) is 61.1 Å². The van der Waals surface area contributed by atoms with E-state index in [1.165, 1.54) is 0 Å². The van der Waals surface area contributed by atoms with Gasteiger partial charge in [0.25, 0.3) is 5.91 Å². The fourth-order valence-corrected chi connectivity index (χ4v) is 4.18. The Hall–Kier alpha value is -3.09.